The van der Waals surface area contributed by atoms with E-state index >= 15 is 0 Å². The summed E-state index contributed by atoms with van der Waals surface area (Å²) in [5, 5.41) is 0. The second-order valence-corrected chi connectivity index (χ2v) is 2.42. The average Bonchev–Trinajstić information content (AvgIpc) is 2.34. The molecule has 1 aromatic carbocycles. The minimum absolute atomic E-state index is 0. The summed E-state index contributed by atoms with van der Waals surface area (Å²) < 4.78 is 0. The lowest BCUT2D eigenvalue weighted by Gasteiger charge is -1.93. The second kappa shape index (κ2) is 11.4. The third-order valence-corrected chi connectivity index (χ3v) is 1.30. The van der Waals surface area contributed by atoms with Crippen LogP contribution in [0.2, 0.25) is 0 Å². The van der Waals surface area contributed by atoms with Crippen molar-refractivity contribution in [3.8, 4) is 0 Å². The Bertz CT molecular complexity index is 306. The molecule has 2 N–H and O–H groups in total. The molecule has 1 amide bonds. The van der Waals surface area contributed by atoms with E-state index in [9.17, 15) is 4.79 Å². The maximum atomic E-state index is 11.2. The largest absolute Gasteiger partial charge is 0.387 e. The van der Waals surface area contributed by atoms with Gasteiger partial charge in [0.25, 0.3) is 5.91 Å². The number of nitrogens with two attached hydrogens (primary N) is 1. The van der Waals surface area contributed by atoms with Gasteiger partial charge in [-0.05, 0) is 19.1 Å². The van der Waals surface area contributed by atoms with E-state index in [1.54, 1.807) is 31.2 Å². The summed E-state index contributed by atoms with van der Waals surface area (Å²) in [6.45, 7) is 9.58. The molecule has 3 nitrogen and oxygen atoms in total. The first-order valence-electron chi connectivity index (χ1n) is 5.60. The number of carbonyl (C=O) groups is 1. The Morgan fingerprint density at radius 2 is 1.56 bits per heavy atom. The number of nitrogens with zero attached hydrogens (tertiary/aromatic N) is 1. The van der Waals surface area contributed by atoms with Crippen LogP contribution in [0.25, 0.3) is 0 Å². The highest BCUT2D eigenvalue weighted by atomic mass is 16.1. The van der Waals surface area contributed by atoms with Gasteiger partial charge in [-0.25, -0.2) is 0 Å². The topological polar surface area (TPSA) is 55.4 Å². The zero-order valence-electron chi connectivity index (χ0n) is 10.8. The number of amidine groups is 1. The Labute approximate surface area is 99.9 Å². The lowest BCUT2D eigenvalue weighted by atomic mass is 10.2. The first kappa shape index (κ1) is 16.8. The van der Waals surface area contributed by atoms with Gasteiger partial charge in [-0.15, -0.1) is 0 Å². The Morgan fingerprint density at radius 1 is 1.12 bits per heavy atom. The number of hydrogen-bond acceptors (Lipinski definition) is 1. The van der Waals surface area contributed by atoms with Crippen molar-refractivity contribution in [3.63, 3.8) is 0 Å². The third kappa shape index (κ3) is 7.74. The maximum absolute atomic E-state index is 11.2. The lowest BCUT2D eigenvalue weighted by molar-refractivity contribution is 0.100. The number of rotatable bonds is 1. The smallest absolute Gasteiger partial charge is 0.278 e. The SMILES string of the molecule is CC.CC.CC(N)=NC(=O)c1ccccc1.[HH]. The molecule has 0 atom stereocenters. The van der Waals surface area contributed by atoms with E-state index in [2.05, 4.69) is 4.99 Å². The van der Waals surface area contributed by atoms with Crippen LogP contribution in [0.5, 0.6) is 0 Å². The highest BCUT2D eigenvalue weighted by Crippen LogP contribution is 1.99. The van der Waals surface area contributed by atoms with Crippen LogP contribution >= 0.6 is 0 Å². The lowest BCUT2D eigenvalue weighted by Crippen LogP contribution is -2.09. The Balaban J connectivity index is -0.000000355. The summed E-state index contributed by atoms with van der Waals surface area (Å²) in [5.41, 5.74) is 5.82. The third-order valence-electron chi connectivity index (χ3n) is 1.30. The Morgan fingerprint density at radius 3 is 1.94 bits per heavy atom. The maximum Gasteiger partial charge on any atom is 0.278 e. The fraction of sp³-hybridized carbons (Fsp3) is 0.385. The average molecular weight is 224 g/mol. The van der Waals surface area contributed by atoms with Gasteiger partial charge < -0.3 is 5.73 Å². The number of hydrogen-bond donors (Lipinski definition) is 1. The number of amides is 1. The molecule has 0 aliphatic carbocycles. The van der Waals surface area contributed by atoms with E-state index < -0.39 is 0 Å². The first-order chi connectivity index (χ1) is 7.70. The van der Waals surface area contributed by atoms with Crippen molar-refractivity contribution < 1.29 is 6.22 Å². The van der Waals surface area contributed by atoms with Crippen molar-refractivity contribution in [1.82, 2.24) is 0 Å². The Hall–Kier alpha value is -1.64. The molecule has 3 heteroatoms. The summed E-state index contributed by atoms with van der Waals surface area (Å²) in [5.74, 6) is -0.0144. The molecule has 0 unspecified atom stereocenters. The molecule has 0 aliphatic rings. The number of carbonyl (C=O) groups excluding carboxylic acids is 1. The van der Waals surface area contributed by atoms with Crippen LogP contribution in [0.15, 0.2) is 35.3 Å². The summed E-state index contributed by atoms with van der Waals surface area (Å²) in [6, 6.07) is 8.82. The fourth-order valence-electron chi connectivity index (χ4n) is 0.805. The van der Waals surface area contributed by atoms with Crippen molar-refractivity contribution in [3.05, 3.63) is 35.9 Å². The van der Waals surface area contributed by atoms with Gasteiger partial charge in [0.05, 0.1) is 0 Å². The van der Waals surface area contributed by atoms with Crippen LogP contribution in [0.1, 0.15) is 46.4 Å². The molecule has 0 saturated heterocycles. The molecule has 1 rings (SSSR count). The predicted molar refractivity (Wildman–Crippen MR) is 72.9 cm³/mol. The van der Waals surface area contributed by atoms with E-state index in [-0.39, 0.29) is 13.2 Å². The van der Waals surface area contributed by atoms with Gasteiger partial charge in [0.15, 0.2) is 0 Å². The van der Waals surface area contributed by atoms with Crippen molar-refractivity contribution in [2.75, 3.05) is 0 Å². The molecule has 0 spiro atoms. The van der Waals surface area contributed by atoms with Gasteiger partial charge in [-0.1, -0.05) is 45.9 Å². The number of benzene rings is 1. The van der Waals surface area contributed by atoms with Crippen LogP contribution in [-0.2, 0) is 0 Å². The highest BCUT2D eigenvalue weighted by molar-refractivity contribution is 6.02. The molecule has 1 aromatic rings. The van der Waals surface area contributed by atoms with E-state index in [1.165, 1.54) is 0 Å². The van der Waals surface area contributed by atoms with E-state index in [0.717, 1.165) is 0 Å². The highest BCUT2D eigenvalue weighted by Gasteiger charge is 2.00. The molecule has 0 heterocycles. The van der Waals surface area contributed by atoms with Crippen LogP contribution in [0, 0.1) is 0 Å². The summed E-state index contributed by atoms with van der Waals surface area (Å²) in [4.78, 5) is 14.8. The van der Waals surface area contributed by atoms with E-state index in [4.69, 9.17) is 5.73 Å². The van der Waals surface area contributed by atoms with Gasteiger partial charge >= 0.3 is 0 Å². The predicted octanol–water partition coefficient (Wildman–Crippen LogP) is 3.50. The standard InChI is InChI=1S/C9H10N2O.2C2H6.H2/c1-7(10)11-9(12)8-5-3-2-4-6-8;2*1-2;/h2-6H,1H3,(H2,10,11,12);2*1-2H3;1H. The van der Waals surface area contributed by atoms with Crippen LogP contribution < -0.4 is 5.73 Å². The molecule has 0 radical (unpaired) electrons. The zero-order valence-corrected chi connectivity index (χ0v) is 10.8. The molecule has 16 heavy (non-hydrogen) atoms. The van der Waals surface area contributed by atoms with Gasteiger partial charge in [0, 0.05) is 6.99 Å². The molecule has 0 saturated carbocycles. The van der Waals surface area contributed by atoms with Crippen molar-refractivity contribution in [2.24, 2.45) is 10.7 Å². The first-order valence-corrected chi connectivity index (χ1v) is 5.60. The summed E-state index contributed by atoms with van der Waals surface area (Å²) in [7, 11) is 0. The van der Waals surface area contributed by atoms with E-state index in [0.29, 0.717) is 5.56 Å². The quantitative estimate of drug-likeness (QED) is 0.586. The molecule has 0 aliphatic heterocycles. The molecule has 0 bridgehead atoms. The molecule has 0 fully saturated rings. The minimum Gasteiger partial charge on any atom is -0.387 e. The van der Waals surface area contributed by atoms with Gasteiger partial charge in [0.2, 0.25) is 0 Å². The van der Waals surface area contributed by atoms with Gasteiger partial charge in [0.1, 0.15) is 5.84 Å². The fourth-order valence-corrected chi connectivity index (χ4v) is 0.805. The molecular formula is C13H24N2O. The normalized spacial score (nSPS) is 9.19. The summed E-state index contributed by atoms with van der Waals surface area (Å²) in [6.07, 6.45) is 0. The van der Waals surface area contributed by atoms with Crippen LogP contribution in [-0.4, -0.2) is 11.7 Å². The number of aliphatic imine (C=N–C) groups is 1. The van der Waals surface area contributed by atoms with Gasteiger partial charge in [-0.2, -0.15) is 4.99 Å². The Kier molecular flexibility index (Phi) is 12.0. The van der Waals surface area contributed by atoms with Crippen molar-refractivity contribution >= 4 is 11.7 Å². The summed E-state index contributed by atoms with van der Waals surface area (Å²) >= 11 is 0. The van der Waals surface area contributed by atoms with E-state index in [1.807, 2.05) is 33.8 Å². The van der Waals surface area contributed by atoms with Crippen molar-refractivity contribution in [1.29, 1.82) is 0 Å². The monoisotopic (exact) mass is 224 g/mol. The zero-order chi connectivity index (χ0) is 13.0. The molecular weight excluding hydrogens is 200 g/mol. The van der Waals surface area contributed by atoms with Crippen LogP contribution in [0.3, 0.4) is 0 Å². The second-order valence-electron chi connectivity index (χ2n) is 2.42. The van der Waals surface area contributed by atoms with Crippen LogP contribution in [0.4, 0.5) is 0 Å². The molecule has 0 aromatic heterocycles. The molecule has 92 valence electrons. The van der Waals surface area contributed by atoms with Crippen molar-refractivity contribution in [2.45, 2.75) is 34.6 Å². The minimum atomic E-state index is -0.296. The van der Waals surface area contributed by atoms with Gasteiger partial charge in [-0.3, -0.25) is 4.79 Å².